The first-order chi connectivity index (χ1) is 16.7. The highest BCUT2D eigenvalue weighted by molar-refractivity contribution is 5.95. The third-order valence-electron chi connectivity index (χ3n) is 7.15. The van der Waals surface area contributed by atoms with E-state index in [1.54, 1.807) is 7.05 Å². The summed E-state index contributed by atoms with van der Waals surface area (Å²) in [4.78, 5) is 25.5. The van der Waals surface area contributed by atoms with E-state index in [9.17, 15) is 9.59 Å². The van der Waals surface area contributed by atoms with Crippen molar-refractivity contribution in [1.29, 1.82) is 0 Å². The Labute approximate surface area is 207 Å². The summed E-state index contributed by atoms with van der Waals surface area (Å²) in [5.41, 5.74) is 5.48. The molecule has 0 aromatic heterocycles. The first-order valence-electron chi connectivity index (χ1n) is 12.1. The van der Waals surface area contributed by atoms with Gasteiger partial charge in [-0.3, -0.25) is 9.59 Å². The van der Waals surface area contributed by atoms with Gasteiger partial charge in [-0.1, -0.05) is 57.2 Å². The fourth-order valence-corrected chi connectivity index (χ4v) is 4.94. The molecule has 5 nitrogen and oxygen atoms in total. The molecular formula is C30H33NO4. The maximum Gasteiger partial charge on any atom is 0.251 e. The summed E-state index contributed by atoms with van der Waals surface area (Å²) in [5.74, 6) is 1.59. The second-order valence-corrected chi connectivity index (χ2v) is 10.5. The largest absolute Gasteiger partial charge is 0.454 e. The third kappa shape index (κ3) is 4.31. The summed E-state index contributed by atoms with van der Waals surface area (Å²) in [6, 6.07) is 19.9. The molecule has 0 bridgehead atoms. The number of rotatable bonds is 6. The van der Waals surface area contributed by atoms with E-state index >= 15 is 0 Å². The molecule has 3 aromatic rings. The summed E-state index contributed by atoms with van der Waals surface area (Å²) in [6.07, 6.45) is 2.10. The van der Waals surface area contributed by atoms with Gasteiger partial charge in [0.05, 0.1) is 5.41 Å². The highest BCUT2D eigenvalue weighted by Gasteiger charge is 2.50. The molecule has 1 fully saturated rings. The second kappa shape index (κ2) is 8.56. The number of Topliss-reactive ketones (excluding diaryl/α,β-unsaturated/α-hetero) is 1. The molecule has 1 N–H and O–H groups in total. The molecule has 1 aliphatic heterocycles. The average Bonchev–Trinajstić information content (AvgIpc) is 3.53. The van der Waals surface area contributed by atoms with E-state index in [0.29, 0.717) is 12.0 Å². The van der Waals surface area contributed by atoms with Crippen molar-refractivity contribution in [3.05, 3.63) is 82.9 Å². The molecular weight excluding hydrogens is 438 g/mol. The van der Waals surface area contributed by atoms with E-state index in [1.807, 2.05) is 42.5 Å². The molecule has 0 spiro atoms. The molecule has 3 aromatic carbocycles. The van der Waals surface area contributed by atoms with Crippen LogP contribution in [0.4, 0.5) is 0 Å². The summed E-state index contributed by atoms with van der Waals surface area (Å²) in [7, 11) is 1.63. The van der Waals surface area contributed by atoms with Crippen LogP contribution in [0, 0.1) is 0 Å². The van der Waals surface area contributed by atoms with E-state index in [-0.39, 0.29) is 25.3 Å². The van der Waals surface area contributed by atoms with Crippen LogP contribution in [0.15, 0.2) is 60.7 Å². The minimum Gasteiger partial charge on any atom is -0.454 e. The lowest BCUT2D eigenvalue weighted by atomic mass is 9.80. The van der Waals surface area contributed by atoms with Gasteiger partial charge in [0.2, 0.25) is 6.79 Å². The predicted octanol–water partition coefficient (Wildman–Crippen LogP) is 5.83. The fourth-order valence-electron chi connectivity index (χ4n) is 4.94. The number of ketones is 1. The topological polar surface area (TPSA) is 64.6 Å². The van der Waals surface area contributed by atoms with Crippen LogP contribution in [0.25, 0.3) is 11.1 Å². The number of ether oxygens (including phenoxy) is 2. The van der Waals surface area contributed by atoms with Crippen LogP contribution in [0.2, 0.25) is 0 Å². The van der Waals surface area contributed by atoms with Crippen LogP contribution in [-0.4, -0.2) is 25.5 Å². The van der Waals surface area contributed by atoms with Crippen molar-refractivity contribution in [2.24, 2.45) is 0 Å². The van der Waals surface area contributed by atoms with E-state index < -0.39 is 5.41 Å². The molecule has 0 saturated heterocycles. The maximum atomic E-state index is 13.6. The normalized spacial score (nSPS) is 15.5. The molecule has 0 unspecified atom stereocenters. The Balaban J connectivity index is 0.00000304. The average molecular weight is 472 g/mol. The Kier molecular flexibility index (Phi) is 5.66. The van der Waals surface area contributed by atoms with Gasteiger partial charge in [-0.15, -0.1) is 0 Å². The van der Waals surface area contributed by atoms with E-state index in [1.165, 1.54) is 5.56 Å². The van der Waals surface area contributed by atoms with Crippen molar-refractivity contribution >= 4 is 11.7 Å². The quantitative estimate of drug-likeness (QED) is 0.491. The first-order valence-corrected chi connectivity index (χ1v) is 12.1. The molecule has 1 saturated carbocycles. The van der Waals surface area contributed by atoms with Crippen LogP contribution in [-0.2, 0) is 22.0 Å². The molecule has 1 aliphatic carbocycles. The zero-order valence-electron chi connectivity index (χ0n) is 20.7. The van der Waals surface area contributed by atoms with Gasteiger partial charge in [-0.25, -0.2) is 0 Å². The standard InChI is InChI=1S/C30H31NO4.H2/c1-29(2,3)24-11-5-19(15-23(24)20-6-8-21(9-7-20)28(33)31-4)16-27(32)30(13-14-30)22-10-12-25-26(17-22)35-18-34-25;/h5-12,15,17H,13-14,16,18H2,1-4H3,(H,31,33);1H. The second-order valence-electron chi connectivity index (χ2n) is 10.5. The van der Waals surface area contributed by atoms with Crippen LogP contribution in [0.5, 0.6) is 11.5 Å². The number of carbonyl (C=O) groups excluding carboxylic acids is 2. The molecule has 0 atom stereocenters. The lowest BCUT2D eigenvalue weighted by Gasteiger charge is -2.24. The Morgan fingerprint density at radius 1 is 0.943 bits per heavy atom. The Bertz CT molecular complexity index is 1300. The van der Waals surface area contributed by atoms with E-state index in [0.717, 1.165) is 46.6 Å². The zero-order valence-corrected chi connectivity index (χ0v) is 20.7. The van der Waals surface area contributed by atoms with Crippen LogP contribution in [0.1, 0.15) is 62.1 Å². The molecule has 1 amide bonds. The van der Waals surface area contributed by atoms with Crippen LogP contribution < -0.4 is 14.8 Å². The monoisotopic (exact) mass is 471 g/mol. The number of carbonyl (C=O) groups is 2. The first kappa shape index (κ1) is 23.2. The highest BCUT2D eigenvalue weighted by Crippen LogP contribution is 2.51. The summed E-state index contributed by atoms with van der Waals surface area (Å²) < 4.78 is 11.0. The van der Waals surface area contributed by atoms with Gasteiger partial charge < -0.3 is 14.8 Å². The van der Waals surface area contributed by atoms with Crippen molar-refractivity contribution in [2.45, 2.75) is 50.9 Å². The van der Waals surface area contributed by atoms with Crippen molar-refractivity contribution in [2.75, 3.05) is 13.8 Å². The van der Waals surface area contributed by atoms with Crippen LogP contribution >= 0.6 is 0 Å². The van der Waals surface area contributed by atoms with Gasteiger partial charge in [0.25, 0.3) is 5.91 Å². The Morgan fingerprint density at radius 2 is 1.66 bits per heavy atom. The minimum atomic E-state index is -0.432. The van der Waals surface area contributed by atoms with Gasteiger partial charge in [-0.2, -0.15) is 0 Å². The van der Waals surface area contributed by atoms with Crippen molar-refractivity contribution < 1.29 is 20.5 Å². The van der Waals surface area contributed by atoms with Crippen molar-refractivity contribution in [1.82, 2.24) is 5.32 Å². The zero-order chi connectivity index (χ0) is 24.8. The fraction of sp³-hybridized carbons (Fsp3) is 0.333. The maximum absolute atomic E-state index is 13.6. The molecule has 5 rings (SSSR count). The summed E-state index contributed by atoms with van der Waals surface area (Å²) in [5, 5.41) is 2.66. The molecule has 2 aliphatic rings. The van der Waals surface area contributed by atoms with Crippen molar-refractivity contribution in [3.63, 3.8) is 0 Å². The Hall–Kier alpha value is -3.60. The molecule has 5 heteroatoms. The third-order valence-corrected chi connectivity index (χ3v) is 7.15. The lowest BCUT2D eigenvalue weighted by molar-refractivity contribution is -0.120. The minimum absolute atomic E-state index is 0. The smallest absolute Gasteiger partial charge is 0.251 e. The lowest BCUT2D eigenvalue weighted by Crippen LogP contribution is -2.22. The number of amides is 1. The van der Waals surface area contributed by atoms with Gasteiger partial charge in [0.15, 0.2) is 11.5 Å². The number of benzene rings is 3. The number of hydrogen-bond donors (Lipinski definition) is 1. The van der Waals surface area contributed by atoms with Crippen molar-refractivity contribution in [3.8, 4) is 22.6 Å². The number of nitrogens with one attached hydrogen (secondary N) is 1. The summed E-state index contributed by atoms with van der Waals surface area (Å²) >= 11 is 0. The molecule has 35 heavy (non-hydrogen) atoms. The van der Waals surface area contributed by atoms with E-state index in [4.69, 9.17) is 9.47 Å². The van der Waals surface area contributed by atoms with Gasteiger partial charge >= 0.3 is 0 Å². The predicted molar refractivity (Wildman–Crippen MR) is 138 cm³/mol. The molecule has 182 valence electrons. The van der Waals surface area contributed by atoms with Gasteiger partial charge in [0.1, 0.15) is 5.78 Å². The van der Waals surface area contributed by atoms with Gasteiger partial charge in [0, 0.05) is 20.5 Å². The molecule has 0 radical (unpaired) electrons. The van der Waals surface area contributed by atoms with Crippen LogP contribution in [0.3, 0.4) is 0 Å². The number of fused-ring (bicyclic) bond motifs is 1. The highest BCUT2D eigenvalue weighted by atomic mass is 16.7. The summed E-state index contributed by atoms with van der Waals surface area (Å²) in [6.45, 7) is 6.80. The SMILES string of the molecule is CNC(=O)c1ccc(-c2cc(CC(=O)C3(c4ccc5c(c4)OCO5)CC3)ccc2C(C)(C)C)cc1.[HH]. The van der Waals surface area contributed by atoms with E-state index in [2.05, 4.69) is 44.3 Å². The Morgan fingerprint density at radius 3 is 2.31 bits per heavy atom. The molecule has 1 heterocycles. The number of hydrogen-bond acceptors (Lipinski definition) is 4. The van der Waals surface area contributed by atoms with Gasteiger partial charge in [-0.05, 0) is 70.3 Å².